The Morgan fingerprint density at radius 1 is 1.53 bits per heavy atom. The lowest BCUT2D eigenvalue weighted by molar-refractivity contribution is -0.385. The van der Waals surface area contributed by atoms with Crippen LogP contribution in [0.3, 0.4) is 0 Å². The second kappa shape index (κ2) is 5.78. The van der Waals surface area contributed by atoms with Gasteiger partial charge in [-0.1, -0.05) is 22.9 Å². The number of halogens is 1. The van der Waals surface area contributed by atoms with Gasteiger partial charge < -0.3 is 4.74 Å². The maximum absolute atomic E-state index is 10.8. The Balaban J connectivity index is 2.14. The van der Waals surface area contributed by atoms with E-state index in [0.29, 0.717) is 15.2 Å². The third kappa shape index (κ3) is 3.28. The largest absolute Gasteiger partial charge is 0.479 e. The number of benzene rings is 1. The lowest BCUT2D eigenvalue weighted by atomic mass is 10.3. The van der Waals surface area contributed by atoms with Crippen LogP contribution in [0.2, 0.25) is 5.02 Å². The fourth-order valence-electron chi connectivity index (χ4n) is 1.26. The molecule has 100 valence electrons. The predicted molar refractivity (Wildman–Crippen MR) is 70.2 cm³/mol. The molecule has 0 spiro atoms. The number of nitrogens with one attached hydrogen (secondary N) is 1. The smallest absolute Gasteiger partial charge is 0.311 e. The third-order valence-electron chi connectivity index (χ3n) is 2.06. The summed E-state index contributed by atoms with van der Waals surface area (Å²) in [5, 5.41) is 19.6. The molecule has 1 aromatic carbocycles. The van der Waals surface area contributed by atoms with Crippen LogP contribution in [-0.4, -0.2) is 15.1 Å². The number of nitrogens with zero attached hydrogens (tertiary/aromatic N) is 3. The van der Waals surface area contributed by atoms with Crippen molar-refractivity contribution in [1.29, 1.82) is 0 Å². The van der Waals surface area contributed by atoms with Gasteiger partial charge in [0, 0.05) is 17.2 Å². The standard InChI is InChI=1S/C9H8ClN5O3S/c10-5-1-2-6(15(16)17)7(3-5)18-4-8-13-14-9(12-11)19-8/h1-3H,4,11H2,(H,12,14). The molecule has 0 fully saturated rings. The second-order valence-corrected chi connectivity index (χ2v) is 4.80. The molecule has 0 atom stereocenters. The summed E-state index contributed by atoms with van der Waals surface area (Å²) in [5.74, 6) is 5.24. The number of hydrogen-bond acceptors (Lipinski definition) is 8. The molecule has 0 unspecified atom stereocenters. The van der Waals surface area contributed by atoms with E-state index in [1.54, 1.807) is 0 Å². The lowest BCUT2D eigenvalue weighted by Gasteiger charge is -2.04. The number of hydrogen-bond donors (Lipinski definition) is 2. The summed E-state index contributed by atoms with van der Waals surface area (Å²) in [7, 11) is 0. The van der Waals surface area contributed by atoms with Crippen molar-refractivity contribution in [3.05, 3.63) is 38.3 Å². The molecule has 0 radical (unpaired) electrons. The number of nitrogens with two attached hydrogens (primary N) is 1. The molecule has 0 aliphatic rings. The zero-order valence-corrected chi connectivity index (χ0v) is 10.9. The molecule has 2 rings (SSSR count). The van der Waals surface area contributed by atoms with Gasteiger partial charge in [-0.25, -0.2) is 5.84 Å². The Bertz CT molecular complexity index is 605. The Morgan fingerprint density at radius 2 is 2.32 bits per heavy atom. The van der Waals surface area contributed by atoms with Crippen LogP contribution in [0.4, 0.5) is 10.8 Å². The van der Waals surface area contributed by atoms with Gasteiger partial charge in [0.1, 0.15) is 6.61 Å². The molecule has 2 aromatic rings. The summed E-state index contributed by atoms with van der Waals surface area (Å²) >= 11 is 6.96. The van der Waals surface area contributed by atoms with Gasteiger partial charge in [-0.3, -0.25) is 15.5 Å². The van der Waals surface area contributed by atoms with E-state index in [-0.39, 0.29) is 18.0 Å². The summed E-state index contributed by atoms with van der Waals surface area (Å²) < 4.78 is 5.34. The van der Waals surface area contributed by atoms with E-state index in [0.717, 1.165) is 0 Å². The normalized spacial score (nSPS) is 10.2. The van der Waals surface area contributed by atoms with Crippen molar-refractivity contribution >= 4 is 33.8 Å². The fourth-order valence-corrected chi connectivity index (χ4v) is 1.99. The molecule has 0 amide bonds. The highest BCUT2D eigenvalue weighted by atomic mass is 35.5. The minimum Gasteiger partial charge on any atom is -0.479 e. The van der Waals surface area contributed by atoms with E-state index in [9.17, 15) is 10.1 Å². The van der Waals surface area contributed by atoms with Gasteiger partial charge in [0.25, 0.3) is 0 Å². The molecular formula is C9H8ClN5O3S. The Morgan fingerprint density at radius 3 is 2.95 bits per heavy atom. The summed E-state index contributed by atoms with van der Waals surface area (Å²) in [5.41, 5.74) is 2.18. The molecule has 10 heteroatoms. The fraction of sp³-hybridized carbons (Fsp3) is 0.111. The Hall–Kier alpha value is -1.97. The van der Waals surface area contributed by atoms with E-state index >= 15 is 0 Å². The average molecular weight is 302 g/mol. The maximum atomic E-state index is 10.8. The van der Waals surface area contributed by atoms with Crippen molar-refractivity contribution in [3.8, 4) is 5.75 Å². The molecule has 0 bridgehead atoms. The predicted octanol–water partition coefficient (Wildman–Crippen LogP) is 1.96. The molecule has 1 aromatic heterocycles. The van der Waals surface area contributed by atoms with E-state index in [1.807, 2.05) is 0 Å². The summed E-state index contributed by atoms with van der Waals surface area (Å²) in [6.07, 6.45) is 0. The molecule has 8 nitrogen and oxygen atoms in total. The van der Waals surface area contributed by atoms with Gasteiger partial charge in [0.2, 0.25) is 5.13 Å². The van der Waals surface area contributed by atoms with Crippen molar-refractivity contribution in [3.63, 3.8) is 0 Å². The van der Waals surface area contributed by atoms with Gasteiger partial charge in [0.05, 0.1) is 4.92 Å². The van der Waals surface area contributed by atoms with Gasteiger partial charge in [0.15, 0.2) is 10.8 Å². The van der Waals surface area contributed by atoms with Crippen LogP contribution in [0.5, 0.6) is 5.75 Å². The SMILES string of the molecule is NNc1nnc(COc2cc(Cl)ccc2[N+](=O)[O-])s1. The maximum Gasteiger partial charge on any atom is 0.311 e. The van der Waals surface area contributed by atoms with Crippen molar-refractivity contribution in [2.24, 2.45) is 5.84 Å². The van der Waals surface area contributed by atoms with Crippen molar-refractivity contribution < 1.29 is 9.66 Å². The van der Waals surface area contributed by atoms with Crippen molar-refractivity contribution in [2.45, 2.75) is 6.61 Å². The van der Waals surface area contributed by atoms with Crippen LogP contribution in [0.1, 0.15) is 5.01 Å². The topological polar surface area (TPSA) is 116 Å². The average Bonchev–Trinajstić information content (AvgIpc) is 2.84. The van der Waals surface area contributed by atoms with Gasteiger partial charge in [-0.15, -0.1) is 10.2 Å². The minimum absolute atomic E-state index is 0.0422. The van der Waals surface area contributed by atoms with E-state index in [2.05, 4.69) is 15.6 Å². The molecule has 0 aliphatic heterocycles. The van der Waals surface area contributed by atoms with Crippen LogP contribution in [-0.2, 0) is 6.61 Å². The number of nitrogen functional groups attached to an aromatic ring is 1. The number of nitro groups is 1. The number of anilines is 1. The van der Waals surface area contributed by atoms with Crippen LogP contribution in [0.15, 0.2) is 18.2 Å². The quantitative estimate of drug-likeness (QED) is 0.492. The number of ether oxygens (including phenoxy) is 1. The van der Waals surface area contributed by atoms with E-state index in [1.165, 1.54) is 29.5 Å². The molecule has 0 saturated heterocycles. The van der Waals surface area contributed by atoms with Crippen molar-refractivity contribution in [2.75, 3.05) is 5.43 Å². The second-order valence-electron chi connectivity index (χ2n) is 3.30. The van der Waals surface area contributed by atoms with Gasteiger partial charge in [-0.05, 0) is 6.07 Å². The summed E-state index contributed by atoms with van der Waals surface area (Å²) in [4.78, 5) is 10.3. The first kappa shape index (κ1) is 13.5. The first-order chi connectivity index (χ1) is 9.10. The highest BCUT2D eigenvalue weighted by Crippen LogP contribution is 2.30. The van der Waals surface area contributed by atoms with Crippen LogP contribution in [0, 0.1) is 10.1 Å². The molecular weight excluding hydrogens is 294 g/mol. The molecule has 3 N–H and O–H groups in total. The third-order valence-corrected chi connectivity index (χ3v) is 3.12. The summed E-state index contributed by atoms with van der Waals surface area (Å²) in [6.45, 7) is 0.0422. The molecule has 0 aliphatic carbocycles. The monoisotopic (exact) mass is 301 g/mol. The van der Waals surface area contributed by atoms with E-state index < -0.39 is 4.92 Å². The Labute approximate surface area is 116 Å². The lowest BCUT2D eigenvalue weighted by Crippen LogP contribution is -2.05. The van der Waals surface area contributed by atoms with Crippen LogP contribution < -0.4 is 16.0 Å². The number of rotatable bonds is 5. The van der Waals surface area contributed by atoms with Gasteiger partial charge in [-0.2, -0.15) is 0 Å². The summed E-state index contributed by atoms with van der Waals surface area (Å²) in [6, 6.07) is 4.08. The highest BCUT2D eigenvalue weighted by Gasteiger charge is 2.16. The first-order valence-electron chi connectivity index (χ1n) is 4.96. The number of hydrazine groups is 1. The first-order valence-corrected chi connectivity index (χ1v) is 6.15. The Kier molecular flexibility index (Phi) is 4.10. The van der Waals surface area contributed by atoms with Crippen LogP contribution >= 0.6 is 22.9 Å². The van der Waals surface area contributed by atoms with Crippen LogP contribution in [0.25, 0.3) is 0 Å². The van der Waals surface area contributed by atoms with E-state index in [4.69, 9.17) is 22.2 Å². The zero-order chi connectivity index (χ0) is 13.8. The number of aromatic nitrogens is 2. The number of nitro benzene ring substituents is 1. The molecule has 19 heavy (non-hydrogen) atoms. The highest BCUT2D eigenvalue weighted by molar-refractivity contribution is 7.15. The van der Waals surface area contributed by atoms with Crippen molar-refractivity contribution in [1.82, 2.24) is 10.2 Å². The molecule has 0 saturated carbocycles. The molecule has 1 heterocycles. The zero-order valence-electron chi connectivity index (χ0n) is 9.37. The minimum atomic E-state index is -0.543. The van der Waals surface area contributed by atoms with Gasteiger partial charge >= 0.3 is 5.69 Å².